The van der Waals surface area contributed by atoms with Crippen molar-refractivity contribution in [3.05, 3.63) is 69.1 Å². The van der Waals surface area contributed by atoms with Gasteiger partial charge in [0, 0.05) is 23.9 Å². The quantitative estimate of drug-likeness (QED) is 0.364. The number of nitrogens with one attached hydrogen (secondary N) is 1. The van der Waals surface area contributed by atoms with Crippen LogP contribution in [0, 0.1) is 5.82 Å². The molecule has 1 aromatic carbocycles. The highest BCUT2D eigenvalue weighted by Crippen LogP contribution is 2.41. The highest BCUT2D eigenvalue weighted by Gasteiger charge is 2.49. The Morgan fingerprint density at radius 3 is 2.62 bits per heavy atom. The first-order chi connectivity index (χ1) is 15.8. The zero-order valence-electron chi connectivity index (χ0n) is 18.7. The van der Waals surface area contributed by atoms with Gasteiger partial charge in [-0.15, -0.1) is 0 Å². The average molecular weight is 543 g/mol. The molecule has 0 amide bonds. The normalized spacial score (nSPS) is 13.2. The summed E-state index contributed by atoms with van der Waals surface area (Å²) in [6.07, 6.45) is 2.51. The Morgan fingerprint density at radius 1 is 1.32 bits per heavy atom. The van der Waals surface area contributed by atoms with Crippen molar-refractivity contribution in [3.8, 4) is 0 Å². The molecule has 182 valence electrons. The monoisotopic (exact) mass is 542 g/mol. The highest BCUT2D eigenvalue weighted by atomic mass is 79.9. The second kappa shape index (κ2) is 9.46. The summed E-state index contributed by atoms with van der Waals surface area (Å²) in [5.41, 5.74) is -3.52. The van der Waals surface area contributed by atoms with E-state index in [2.05, 4.69) is 37.8 Å². The summed E-state index contributed by atoms with van der Waals surface area (Å²) in [5, 5.41) is 13.2. The first-order valence-corrected chi connectivity index (χ1v) is 11.1. The van der Waals surface area contributed by atoms with E-state index in [0.717, 1.165) is 24.5 Å². The number of aliphatic hydroxyl groups is 1. The molecule has 1 atom stereocenters. The maximum atomic E-state index is 15.2. The molecule has 2 heterocycles. The summed E-state index contributed by atoms with van der Waals surface area (Å²) < 4.78 is 58.6. The molecule has 0 aliphatic heterocycles. The molecule has 0 radical (unpaired) electrons. The SMILES string of the molecule is C=C(CCF)n1cc2c(N[C@H](C)c3cccc(C(F)(F)C(C)(C)O)c3F)ncnc2c(Br)c1=O. The molecule has 2 aromatic heterocycles. The van der Waals surface area contributed by atoms with Gasteiger partial charge in [-0.1, -0.05) is 18.7 Å². The molecule has 0 bridgehead atoms. The number of nitrogens with zero attached hydrogens (tertiary/aromatic N) is 3. The highest BCUT2D eigenvalue weighted by molar-refractivity contribution is 9.10. The molecule has 0 aliphatic rings. The first-order valence-electron chi connectivity index (χ1n) is 10.3. The van der Waals surface area contributed by atoms with E-state index in [0.29, 0.717) is 5.39 Å². The lowest BCUT2D eigenvalue weighted by Gasteiger charge is -2.30. The van der Waals surface area contributed by atoms with Gasteiger partial charge < -0.3 is 10.4 Å². The lowest BCUT2D eigenvalue weighted by Crippen LogP contribution is -2.41. The predicted molar refractivity (Wildman–Crippen MR) is 126 cm³/mol. The molecule has 3 aromatic rings. The van der Waals surface area contributed by atoms with Gasteiger partial charge in [0.15, 0.2) is 0 Å². The van der Waals surface area contributed by atoms with Crippen LogP contribution in [-0.4, -0.2) is 31.9 Å². The van der Waals surface area contributed by atoms with E-state index in [4.69, 9.17) is 0 Å². The third kappa shape index (κ3) is 4.58. The van der Waals surface area contributed by atoms with E-state index in [-0.39, 0.29) is 33.5 Å². The number of hydrogen-bond donors (Lipinski definition) is 2. The number of anilines is 1. The van der Waals surface area contributed by atoms with Gasteiger partial charge in [0.05, 0.1) is 29.2 Å². The van der Waals surface area contributed by atoms with Gasteiger partial charge >= 0.3 is 5.92 Å². The van der Waals surface area contributed by atoms with Gasteiger partial charge in [0.1, 0.15) is 28.0 Å². The lowest BCUT2D eigenvalue weighted by molar-refractivity contribution is -0.170. The number of fused-ring (bicyclic) bond motifs is 1. The third-order valence-corrected chi connectivity index (χ3v) is 6.15. The number of benzene rings is 1. The Kier molecular flexibility index (Phi) is 7.18. The molecule has 6 nitrogen and oxygen atoms in total. The number of rotatable bonds is 8. The second-order valence-electron chi connectivity index (χ2n) is 8.32. The number of halogens is 5. The second-order valence-corrected chi connectivity index (χ2v) is 9.11. The van der Waals surface area contributed by atoms with Crippen molar-refractivity contribution >= 4 is 38.3 Å². The molecule has 0 spiro atoms. The van der Waals surface area contributed by atoms with Crippen LogP contribution in [0.25, 0.3) is 16.6 Å². The van der Waals surface area contributed by atoms with Crippen molar-refractivity contribution in [3.63, 3.8) is 0 Å². The molecule has 0 aliphatic carbocycles. The van der Waals surface area contributed by atoms with Crippen LogP contribution in [-0.2, 0) is 5.92 Å². The van der Waals surface area contributed by atoms with E-state index in [9.17, 15) is 23.1 Å². The summed E-state index contributed by atoms with van der Waals surface area (Å²) in [6, 6.07) is 2.70. The number of aromatic nitrogens is 3. The van der Waals surface area contributed by atoms with Crippen LogP contribution >= 0.6 is 15.9 Å². The van der Waals surface area contributed by atoms with E-state index in [1.165, 1.54) is 24.7 Å². The lowest BCUT2D eigenvalue weighted by atomic mass is 9.91. The third-order valence-electron chi connectivity index (χ3n) is 5.44. The fourth-order valence-electron chi connectivity index (χ4n) is 3.41. The first kappa shape index (κ1) is 25.8. The Morgan fingerprint density at radius 2 is 2.00 bits per heavy atom. The van der Waals surface area contributed by atoms with Gasteiger partial charge in [-0.2, -0.15) is 8.78 Å². The number of hydrogen-bond acceptors (Lipinski definition) is 5. The van der Waals surface area contributed by atoms with Crippen molar-refractivity contribution in [1.82, 2.24) is 14.5 Å². The Labute approximate surface area is 201 Å². The van der Waals surface area contributed by atoms with Gasteiger partial charge in [-0.05, 0) is 42.8 Å². The molecule has 0 saturated carbocycles. The summed E-state index contributed by atoms with van der Waals surface area (Å²) >= 11 is 3.20. The minimum atomic E-state index is -3.84. The summed E-state index contributed by atoms with van der Waals surface area (Å²) in [7, 11) is 0. The zero-order chi connectivity index (χ0) is 25.4. The van der Waals surface area contributed by atoms with Gasteiger partial charge in [0.25, 0.3) is 5.56 Å². The van der Waals surface area contributed by atoms with Crippen LogP contribution in [0.3, 0.4) is 0 Å². The van der Waals surface area contributed by atoms with Crippen molar-refractivity contribution in [2.75, 3.05) is 12.0 Å². The van der Waals surface area contributed by atoms with Crippen molar-refractivity contribution in [1.29, 1.82) is 0 Å². The predicted octanol–water partition coefficient (Wildman–Crippen LogP) is 5.56. The standard InChI is InChI=1S/C23H23BrF4N4O2/c1-12(8-9-25)32-10-15-19(17(24)21(32)33)29-11-30-20(15)31-13(2)14-6-5-7-16(18(14)26)23(27,28)22(3,4)34/h5-7,10-11,13,34H,1,8-9H2,2-4H3,(H,29,30,31)/t13-/m1/s1. The van der Waals surface area contributed by atoms with Gasteiger partial charge in [-0.25, -0.2) is 14.4 Å². The number of pyridine rings is 1. The molecule has 0 saturated heterocycles. The molecular weight excluding hydrogens is 520 g/mol. The molecule has 2 N–H and O–H groups in total. The number of alkyl halides is 3. The van der Waals surface area contributed by atoms with E-state index in [1.807, 2.05) is 0 Å². The minimum absolute atomic E-state index is 0.0713. The van der Waals surface area contributed by atoms with Crippen LogP contribution < -0.4 is 10.9 Å². The fraction of sp³-hybridized carbons (Fsp3) is 0.348. The summed E-state index contributed by atoms with van der Waals surface area (Å²) in [5.74, 6) is -4.81. The van der Waals surface area contributed by atoms with Crippen molar-refractivity contribution < 1.29 is 22.7 Å². The largest absolute Gasteiger partial charge is 0.384 e. The van der Waals surface area contributed by atoms with E-state index < -0.39 is 41.2 Å². The molecule has 0 fully saturated rings. The maximum absolute atomic E-state index is 15.2. The van der Waals surface area contributed by atoms with E-state index >= 15 is 4.39 Å². The summed E-state index contributed by atoms with van der Waals surface area (Å²) in [4.78, 5) is 20.9. The zero-order valence-corrected chi connectivity index (χ0v) is 20.3. The topological polar surface area (TPSA) is 80.0 Å². The molecule has 34 heavy (non-hydrogen) atoms. The Balaban J connectivity index is 2.08. The van der Waals surface area contributed by atoms with Crippen LogP contribution in [0.5, 0.6) is 0 Å². The number of allylic oxidation sites excluding steroid dienone is 1. The molecule has 11 heteroatoms. The maximum Gasteiger partial charge on any atom is 0.303 e. The van der Waals surface area contributed by atoms with E-state index in [1.54, 1.807) is 6.92 Å². The van der Waals surface area contributed by atoms with Gasteiger partial charge in [0.2, 0.25) is 0 Å². The van der Waals surface area contributed by atoms with Crippen molar-refractivity contribution in [2.24, 2.45) is 0 Å². The fourth-order valence-corrected chi connectivity index (χ4v) is 3.91. The molecule has 0 unspecified atom stereocenters. The van der Waals surface area contributed by atoms with Crippen LogP contribution in [0.15, 0.2) is 46.6 Å². The molecule has 3 rings (SSSR count). The molecular formula is C23H23BrF4N4O2. The average Bonchev–Trinajstić information content (AvgIpc) is 2.75. The van der Waals surface area contributed by atoms with Crippen LogP contribution in [0.2, 0.25) is 0 Å². The van der Waals surface area contributed by atoms with Crippen molar-refractivity contribution in [2.45, 2.75) is 44.8 Å². The Hall–Kier alpha value is -2.79. The summed E-state index contributed by atoms with van der Waals surface area (Å²) in [6.45, 7) is 6.37. The van der Waals surface area contributed by atoms with Crippen LogP contribution in [0.1, 0.15) is 44.4 Å². The van der Waals surface area contributed by atoms with Crippen LogP contribution in [0.4, 0.5) is 23.4 Å². The smallest absolute Gasteiger partial charge is 0.303 e. The minimum Gasteiger partial charge on any atom is -0.384 e. The van der Waals surface area contributed by atoms with Gasteiger partial charge in [-0.3, -0.25) is 13.8 Å². The Bertz CT molecular complexity index is 1300.